The van der Waals surface area contributed by atoms with E-state index in [-0.39, 0.29) is 38.1 Å². The molecule has 0 unspecified atom stereocenters. The van der Waals surface area contributed by atoms with Crippen LogP contribution < -0.4 is 32.5 Å². The Morgan fingerprint density at radius 3 is 2.40 bits per heavy atom. The van der Waals surface area contributed by atoms with Crippen molar-refractivity contribution < 1.29 is 4.74 Å². The molecule has 13 heteroatoms. The van der Waals surface area contributed by atoms with Gasteiger partial charge in [0.1, 0.15) is 5.75 Å². The minimum Gasteiger partial charge on any atom is -0.497 e. The summed E-state index contributed by atoms with van der Waals surface area (Å²) in [6.45, 7) is 0.448. The van der Waals surface area contributed by atoms with Crippen LogP contribution in [0, 0.1) is 11.5 Å². The van der Waals surface area contributed by atoms with Gasteiger partial charge in [0.15, 0.2) is 6.19 Å². The molecule has 35 heavy (non-hydrogen) atoms. The van der Waals surface area contributed by atoms with E-state index in [2.05, 4.69) is 20.6 Å². The van der Waals surface area contributed by atoms with Crippen LogP contribution >= 0.6 is 23.2 Å². The maximum atomic E-state index is 13.4. The van der Waals surface area contributed by atoms with Gasteiger partial charge in [-0.05, 0) is 41.5 Å². The van der Waals surface area contributed by atoms with Gasteiger partial charge >= 0.3 is 11.4 Å². The van der Waals surface area contributed by atoms with Crippen molar-refractivity contribution in [3.63, 3.8) is 0 Å². The largest absolute Gasteiger partial charge is 0.497 e. The molecule has 4 N–H and O–H groups in total. The van der Waals surface area contributed by atoms with Gasteiger partial charge in [-0.25, -0.2) is 14.2 Å². The number of nitrogens with two attached hydrogens (primary N) is 1. The van der Waals surface area contributed by atoms with Gasteiger partial charge in [-0.1, -0.05) is 35.3 Å². The predicted octanol–water partition coefficient (Wildman–Crippen LogP) is 1.61. The molecule has 11 nitrogen and oxygen atoms in total. The highest BCUT2D eigenvalue weighted by Gasteiger charge is 2.15. The normalized spacial score (nSPS) is 11.1. The van der Waals surface area contributed by atoms with Crippen LogP contribution in [-0.4, -0.2) is 40.3 Å². The van der Waals surface area contributed by atoms with E-state index in [1.165, 1.54) is 4.57 Å². The van der Waals surface area contributed by atoms with Crippen molar-refractivity contribution in [3.05, 3.63) is 84.6 Å². The summed E-state index contributed by atoms with van der Waals surface area (Å²) in [6, 6.07) is 12.0. The number of nitriles is 1. The number of ether oxygens (including phenoxy) is 1. The summed E-state index contributed by atoms with van der Waals surface area (Å²) < 4.78 is 7.53. The summed E-state index contributed by atoms with van der Waals surface area (Å²) >= 11 is 12.1. The quantitative estimate of drug-likeness (QED) is 0.127. The molecule has 0 saturated heterocycles. The van der Waals surface area contributed by atoms with Crippen LogP contribution in [0.25, 0.3) is 0 Å². The molecule has 0 amide bonds. The van der Waals surface area contributed by atoms with Crippen molar-refractivity contribution in [1.82, 2.24) is 19.4 Å². The maximum absolute atomic E-state index is 13.4. The van der Waals surface area contributed by atoms with Crippen molar-refractivity contribution in [3.8, 4) is 11.9 Å². The second-order valence-electron chi connectivity index (χ2n) is 7.23. The first-order valence-electron chi connectivity index (χ1n) is 10.3. The molecule has 0 aliphatic carbocycles. The van der Waals surface area contributed by atoms with E-state index in [0.717, 1.165) is 10.1 Å². The SMILES string of the molecule is COc1ccc(Cn2c(NCCN=C(N)NC#N)nc(=O)n(Cc3cc(Cl)cc(Cl)c3)c2=O)cc1. The number of halogens is 2. The lowest BCUT2D eigenvalue weighted by molar-refractivity contribution is 0.414. The second kappa shape index (κ2) is 11.9. The Morgan fingerprint density at radius 1 is 1.11 bits per heavy atom. The number of benzene rings is 2. The van der Waals surface area contributed by atoms with Crippen molar-refractivity contribution in [2.45, 2.75) is 13.1 Å². The zero-order valence-corrected chi connectivity index (χ0v) is 20.2. The summed E-state index contributed by atoms with van der Waals surface area (Å²) in [4.78, 5) is 34.2. The fraction of sp³-hybridized carbons (Fsp3) is 0.227. The minimum absolute atomic E-state index is 0.0477. The van der Waals surface area contributed by atoms with Crippen LogP contribution in [0.4, 0.5) is 5.95 Å². The number of anilines is 1. The van der Waals surface area contributed by atoms with E-state index in [4.69, 9.17) is 38.9 Å². The van der Waals surface area contributed by atoms with E-state index >= 15 is 0 Å². The number of hydrogen-bond donors (Lipinski definition) is 3. The highest BCUT2D eigenvalue weighted by Crippen LogP contribution is 2.19. The van der Waals surface area contributed by atoms with Gasteiger partial charge < -0.3 is 15.8 Å². The topological polar surface area (TPSA) is 152 Å². The summed E-state index contributed by atoms with van der Waals surface area (Å²) in [5.41, 5.74) is 5.57. The first-order chi connectivity index (χ1) is 16.8. The molecule has 3 aromatic rings. The van der Waals surface area contributed by atoms with Gasteiger partial charge in [0.2, 0.25) is 11.9 Å². The lowest BCUT2D eigenvalue weighted by Gasteiger charge is -2.16. The molecular weight excluding hydrogens is 495 g/mol. The van der Waals surface area contributed by atoms with Gasteiger partial charge in [0.25, 0.3) is 0 Å². The Morgan fingerprint density at radius 2 is 1.77 bits per heavy atom. The van der Waals surface area contributed by atoms with Crippen LogP contribution in [0.2, 0.25) is 10.0 Å². The molecule has 3 rings (SSSR count). The van der Waals surface area contributed by atoms with E-state index in [0.29, 0.717) is 21.4 Å². The first kappa shape index (κ1) is 25.6. The number of aromatic nitrogens is 3. The Labute approximate surface area is 210 Å². The van der Waals surface area contributed by atoms with Gasteiger partial charge in [-0.2, -0.15) is 10.2 Å². The number of guanidine groups is 1. The molecule has 0 fully saturated rings. The molecular formula is C22H22Cl2N8O3. The number of nitrogens with zero attached hydrogens (tertiary/aromatic N) is 5. The van der Waals surface area contributed by atoms with E-state index in [1.54, 1.807) is 55.8 Å². The minimum atomic E-state index is -0.742. The fourth-order valence-electron chi connectivity index (χ4n) is 3.18. The van der Waals surface area contributed by atoms with Crippen LogP contribution in [-0.2, 0) is 13.1 Å². The lowest BCUT2D eigenvalue weighted by Crippen LogP contribution is -2.43. The highest BCUT2D eigenvalue weighted by molar-refractivity contribution is 6.34. The molecule has 1 heterocycles. The number of hydrogen-bond acceptors (Lipinski definition) is 7. The van der Waals surface area contributed by atoms with Gasteiger partial charge in [-0.3, -0.25) is 14.9 Å². The predicted molar refractivity (Wildman–Crippen MR) is 134 cm³/mol. The first-order valence-corrected chi connectivity index (χ1v) is 11.0. The van der Waals surface area contributed by atoms with E-state index < -0.39 is 11.4 Å². The molecule has 0 bridgehead atoms. The second-order valence-corrected chi connectivity index (χ2v) is 8.10. The zero-order chi connectivity index (χ0) is 25.4. The molecule has 0 radical (unpaired) electrons. The standard InChI is InChI=1S/C22H22Cl2N8O3/c1-35-18-4-2-14(3-5-18)11-31-20(28-7-6-27-19(26)29-13-25)30-21(33)32(22(31)34)12-15-8-16(23)10-17(24)9-15/h2-5,8-10H,6-7,11-12H2,1H3,(H3,26,27,29)(H,28,30,33). The molecule has 0 aliphatic rings. The third kappa shape index (κ3) is 6.99. The average Bonchev–Trinajstić information content (AvgIpc) is 2.81. The molecule has 1 aromatic heterocycles. The van der Waals surface area contributed by atoms with Gasteiger partial charge in [-0.15, -0.1) is 0 Å². The van der Waals surface area contributed by atoms with Crippen molar-refractivity contribution in [1.29, 1.82) is 5.26 Å². The van der Waals surface area contributed by atoms with Gasteiger partial charge in [0, 0.05) is 16.6 Å². The van der Waals surface area contributed by atoms with E-state index in [1.807, 2.05) is 0 Å². The summed E-state index contributed by atoms with van der Waals surface area (Å²) in [6.07, 6.45) is 1.67. The monoisotopic (exact) mass is 516 g/mol. The van der Waals surface area contributed by atoms with Crippen molar-refractivity contribution in [2.24, 2.45) is 10.7 Å². The fourth-order valence-corrected chi connectivity index (χ4v) is 3.75. The Kier molecular flexibility index (Phi) is 8.72. The van der Waals surface area contributed by atoms with E-state index in [9.17, 15) is 9.59 Å². The lowest BCUT2D eigenvalue weighted by atomic mass is 10.2. The molecule has 2 aromatic carbocycles. The van der Waals surface area contributed by atoms with Gasteiger partial charge in [0.05, 0.1) is 26.7 Å². The van der Waals surface area contributed by atoms with Crippen LogP contribution in [0.1, 0.15) is 11.1 Å². The summed E-state index contributed by atoms with van der Waals surface area (Å²) in [5, 5.41) is 14.5. The van der Waals surface area contributed by atoms with Crippen LogP contribution in [0.5, 0.6) is 5.75 Å². The number of rotatable bonds is 9. The summed E-state index contributed by atoms with van der Waals surface area (Å²) in [7, 11) is 1.56. The van der Waals surface area contributed by atoms with Crippen LogP contribution in [0.15, 0.2) is 57.0 Å². The van der Waals surface area contributed by atoms with Crippen molar-refractivity contribution >= 4 is 35.1 Å². The third-order valence-corrected chi connectivity index (χ3v) is 5.21. The molecule has 0 atom stereocenters. The molecule has 0 spiro atoms. The zero-order valence-electron chi connectivity index (χ0n) is 18.7. The molecule has 0 aliphatic heterocycles. The average molecular weight is 517 g/mol. The number of methoxy groups -OCH3 is 1. The smallest absolute Gasteiger partial charge is 0.355 e. The molecule has 0 saturated carbocycles. The Balaban J connectivity index is 1.96. The highest BCUT2D eigenvalue weighted by atomic mass is 35.5. The molecule has 182 valence electrons. The number of nitrogens with one attached hydrogen (secondary N) is 2. The number of aliphatic imine (C=N–C) groups is 1. The third-order valence-electron chi connectivity index (χ3n) is 4.77. The maximum Gasteiger partial charge on any atom is 0.355 e. The Bertz CT molecular complexity index is 1360. The summed E-state index contributed by atoms with van der Waals surface area (Å²) in [5.74, 6) is 0.688. The van der Waals surface area contributed by atoms with Crippen LogP contribution in [0.3, 0.4) is 0 Å². The van der Waals surface area contributed by atoms with Crippen molar-refractivity contribution in [2.75, 3.05) is 25.5 Å². The Hall–Kier alpha value is -4.01.